The van der Waals surface area contributed by atoms with Gasteiger partial charge in [-0.15, -0.1) is 0 Å². The van der Waals surface area contributed by atoms with E-state index in [-0.39, 0.29) is 12.6 Å². The second-order valence-electron chi connectivity index (χ2n) is 3.99. The van der Waals surface area contributed by atoms with Crippen LogP contribution < -0.4 is 10.1 Å². The molecule has 1 aromatic rings. The standard InChI is InChI=1S/C14H23NO3/c1-3-13(15-8-10-18-11-9-16)12-6-4-5-7-14(12)17-2/h4-7,13,15-16H,3,8-11H2,1-2H3. The number of rotatable bonds is 9. The molecule has 0 saturated heterocycles. The molecular formula is C14H23NO3. The maximum Gasteiger partial charge on any atom is 0.123 e. The van der Waals surface area contributed by atoms with Crippen molar-refractivity contribution >= 4 is 0 Å². The molecule has 0 bridgehead atoms. The highest BCUT2D eigenvalue weighted by Crippen LogP contribution is 2.26. The Morgan fingerprint density at radius 3 is 2.72 bits per heavy atom. The first-order valence-electron chi connectivity index (χ1n) is 6.38. The molecule has 0 aromatic heterocycles. The van der Waals surface area contributed by atoms with E-state index in [1.54, 1.807) is 7.11 Å². The zero-order valence-electron chi connectivity index (χ0n) is 11.2. The van der Waals surface area contributed by atoms with Crippen molar-refractivity contribution in [2.75, 3.05) is 33.5 Å². The third-order valence-corrected chi connectivity index (χ3v) is 2.80. The van der Waals surface area contributed by atoms with Crippen molar-refractivity contribution in [2.24, 2.45) is 0 Å². The molecule has 4 heteroatoms. The Morgan fingerprint density at radius 1 is 1.28 bits per heavy atom. The molecule has 0 heterocycles. The summed E-state index contributed by atoms with van der Waals surface area (Å²) in [5, 5.41) is 12.0. The first kappa shape index (κ1) is 15.0. The Morgan fingerprint density at radius 2 is 2.06 bits per heavy atom. The normalized spacial score (nSPS) is 12.4. The molecular weight excluding hydrogens is 230 g/mol. The van der Waals surface area contributed by atoms with Gasteiger partial charge >= 0.3 is 0 Å². The average Bonchev–Trinajstić information content (AvgIpc) is 2.43. The molecule has 0 spiro atoms. The highest BCUT2D eigenvalue weighted by Gasteiger charge is 2.12. The molecule has 0 aliphatic heterocycles. The van der Waals surface area contributed by atoms with Gasteiger partial charge in [-0.2, -0.15) is 0 Å². The molecule has 4 nitrogen and oxygen atoms in total. The lowest BCUT2D eigenvalue weighted by Crippen LogP contribution is -2.25. The van der Waals surface area contributed by atoms with Crippen LogP contribution in [-0.2, 0) is 4.74 Å². The number of hydrogen-bond donors (Lipinski definition) is 2. The summed E-state index contributed by atoms with van der Waals surface area (Å²) < 4.78 is 10.6. The van der Waals surface area contributed by atoms with Gasteiger partial charge in [0.1, 0.15) is 5.75 Å². The highest BCUT2D eigenvalue weighted by molar-refractivity contribution is 5.35. The van der Waals surface area contributed by atoms with Gasteiger partial charge in [-0.05, 0) is 12.5 Å². The van der Waals surface area contributed by atoms with Crippen molar-refractivity contribution < 1.29 is 14.6 Å². The SMILES string of the molecule is CCC(NCCOCCO)c1ccccc1OC. The van der Waals surface area contributed by atoms with E-state index in [9.17, 15) is 0 Å². The maximum atomic E-state index is 8.61. The van der Waals surface area contributed by atoms with Crippen LogP contribution in [0.1, 0.15) is 24.9 Å². The van der Waals surface area contributed by atoms with Gasteiger partial charge in [0.25, 0.3) is 0 Å². The Bertz CT molecular complexity index is 331. The van der Waals surface area contributed by atoms with Crippen LogP contribution in [0.4, 0.5) is 0 Å². The quantitative estimate of drug-likeness (QED) is 0.658. The summed E-state index contributed by atoms with van der Waals surface area (Å²) in [7, 11) is 1.69. The molecule has 0 aliphatic carbocycles. The summed E-state index contributed by atoms with van der Waals surface area (Å²) in [6, 6.07) is 8.30. The lowest BCUT2D eigenvalue weighted by atomic mass is 10.0. The van der Waals surface area contributed by atoms with E-state index in [1.807, 2.05) is 18.2 Å². The molecule has 1 rings (SSSR count). The molecule has 2 N–H and O–H groups in total. The van der Waals surface area contributed by atoms with Crippen LogP contribution in [0.3, 0.4) is 0 Å². The van der Waals surface area contributed by atoms with Crippen molar-refractivity contribution in [3.63, 3.8) is 0 Å². The summed E-state index contributed by atoms with van der Waals surface area (Å²) in [4.78, 5) is 0. The Hall–Kier alpha value is -1.10. The number of benzene rings is 1. The smallest absolute Gasteiger partial charge is 0.123 e. The molecule has 1 atom stereocenters. The van der Waals surface area contributed by atoms with Gasteiger partial charge in [-0.25, -0.2) is 0 Å². The second kappa shape index (κ2) is 8.91. The van der Waals surface area contributed by atoms with Crippen LogP contribution in [0.2, 0.25) is 0 Å². The lowest BCUT2D eigenvalue weighted by Gasteiger charge is -2.19. The van der Waals surface area contributed by atoms with Crippen LogP contribution in [0.5, 0.6) is 5.75 Å². The highest BCUT2D eigenvalue weighted by atomic mass is 16.5. The van der Waals surface area contributed by atoms with Crippen molar-refractivity contribution in [3.05, 3.63) is 29.8 Å². The largest absolute Gasteiger partial charge is 0.496 e. The van der Waals surface area contributed by atoms with Gasteiger partial charge in [0.15, 0.2) is 0 Å². The predicted octanol–water partition coefficient (Wildman–Crippen LogP) is 1.74. The summed E-state index contributed by atoms with van der Waals surface area (Å²) in [6.45, 7) is 3.97. The molecule has 0 saturated carbocycles. The van der Waals surface area contributed by atoms with Gasteiger partial charge in [0.05, 0.1) is 26.9 Å². The molecule has 0 aliphatic rings. The maximum absolute atomic E-state index is 8.61. The van der Waals surface area contributed by atoms with Crippen LogP contribution in [0.15, 0.2) is 24.3 Å². The number of aliphatic hydroxyl groups excluding tert-OH is 1. The van der Waals surface area contributed by atoms with E-state index in [1.165, 1.54) is 5.56 Å². The van der Waals surface area contributed by atoms with Crippen molar-refractivity contribution in [1.82, 2.24) is 5.32 Å². The fraction of sp³-hybridized carbons (Fsp3) is 0.571. The number of para-hydroxylation sites is 1. The van der Waals surface area contributed by atoms with E-state index in [4.69, 9.17) is 14.6 Å². The average molecular weight is 253 g/mol. The number of hydrogen-bond acceptors (Lipinski definition) is 4. The van der Waals surface area contributed by atoms with Crippen LogP contribution >= 0.6 is 0 Å². The minimum atomic E-state index is 0.0731. The zero-order chi connectivity index (χ0) is 13.2. The van der Waals surface area contributed by atoms with Crippen LogP contribution in [0, 0.1) is 0 Å². The molecule has 102 valence electrons. The number of aliphatic hydroxyl groups is 1. The third kappa shape index (κ3) is 4.64. The van der Waals surface area contributed by atoms with Crippen molar-refractivity contribution in [2.45, 2.75) is 19.4 Å². The van der Waals surface area contributed by atoms with E-state index in [0.29, 0.717) is 13.2 Å². The first-order chi connectivity index (χ1) is 8.83. The minimum absolute atomic E-state index is 0.0731. The Labute approximate surface area is 109 Å². The Kier molecular flexibility index (Phi) is 7.41. The molecule has 18 heavy (non-hydrogen) atoms. The van der Waals surface area contributed by atoms with Crippen LogP contribution in [-0.4, -0.2) is 38.6 Å². The van der Waals surface area contributed by atoms with E-state index in [2.05, 4.69) is 18.3 Å². The van der Waals surface area contributed by atoms with E-state index >= 15 is 0 Å². The molecule has 1 aromatic carbocycles. The topological polar surface area (TPSA) is 50.7 Å². The Balaban J connectivity index is 2.49. The van der Waals surface area contributed by atoms with Gasteiger partial charge in [-0.3, -0.25) is 0 Å². The van der Waals surface area contributed by atoms with Crippen LogP contribution in [0.25, 0.3) is 0 Å². The second-order valence-corrected chi connectivity index (χ2v) is 3.99. The monoisotopic (exact) mass is 253 g/mol. The third-order valence-electron chi connectivity index (χ3n) is 2.80. The predicted molar refractivity (Wildman–Crippen MR) is 71.9 cm³/mol. The zero-order valence-corrected chi connectivity index (χ0v) is 11.2. The van der Waals surface area contributed by atoms with Crippen molar-refractivity contribution in [3.8, 4) is 5.75 Å². The summed E-state index contributed by atoms with van der Waals surface area (Å²) in [5.74, 6) is 0.910. The van der Waals surface area contributed by atoms with Gasteiger partial charge in [0.2, 0.25) is 0 Å². The summed E-state index contributed by atoms with van der Waals surface area (Å²) in [6.07, 6.45) is 0.986. The number of nitrogens with one attached hydrogen (secondary N) is 1. The number of ether oxygens (including phenoxy) is 2. The number of methoxy groups -OCH3 is 1. The van der Waals surface area contributed by atoms with Crippen molar-refractivity contribution in [1.29, 1.82) is 0 Å². The van der Waals surface area contributed by atoms with Gasteiger partial charge in [-0.1, -0.05) is 25.1 Å². The fourth-order valence-electron chi connectivity index (χ4n) is 1.90. The van der Waals surface area contributed by atoms with E-state index < -0.39 is 0 Å². The summed E-state index contributed by atoms with van der Waals surface area (Å²) >= 11 is 0. The van der Waals surface area contributed by atoms with Gasteiger partial charge in [0, 0.05) is 18.2 Å². The van der Waals surface area contributed by atoms with Gasteiger partial charge < -0.3 is 19.9 Å². The molecule has 1 unspecified atom stereocenters. The first-order valence-corrected chi connectivity index (χ1v) is 6.38. The molecule has 0 amide bonds. The lowest BCUT2D eigenvalue weighted by molar-refractivity contribution is 0.0924. The minimum Gasteiger partial charge on any atom is -0.496 e. The van der Waals surface area contributed by atoms with E-state index in [0.717, 1.165) is 18.7 Å². The summed E-state index contributed by atoms with van der Waals surface area (Å²) in [5.41, 5.74) is 1.17. The fourth-order valence-corrected chi connectivity index (χ4v) is 1.90. The molecule has 0 radical (unpaired) electrons. The molecule has 0 fully saturated rings.